The maximum absolute atomic E-state index is 13.2. The Morgan fingerprint density at radius 2 is 1.48 bits per heavy atom. The van der Waals surface area contributed by atoms with Crippen LogP contribution < -0.4 is 43.0 Å². The number of hydrogen-bond donors (Lipinski definition) is 10. The third-order valence-electron chi connectivity index (χ3n) is 6.20. The lowest BCUT2D eigenvalue weighted by Gasteiger charge is -2.27. The molecule has 0 heterocycles. The van der Waals surface area contributed by atoms with E-state index >= 15 is 0 Å². The van der Waals surface area contributed by atoms with Crippen LogP contribution in [0.25, 0.3) is 0 Å². The van der Waals surface area contributed by atoms with E-state index in [1.54, 1.807) is 45.2 Å². The van der Waals surface area contributed by atoms with E-state index in [9.17, 15) is 29.1 Å². The number of aliphatic hydroxyl groups is 1. The van der Waals surface area contributed by atoms with Gasteiger partial charge < -0.3 is 48.1 Å². The van der Waals surface area contributed by atoms with Crippen LogP contribution in [0.3, 0.4) is 0 Å². The Kier molecular flexibility index (Phi) is 16.2. The normalized spacial score (nSPS) is 13.6. The number of nitrogens with one attached hydrogen (secondary N) is 8. The van der Waals surface area contributed by atoms with E-state index in [1.807, 2.05) is 6.07 Å². The minimum absolute atomic E-state index is 0.0296. The summed E-state index contributed by atoms with van der Waals surface area (Å²) in [5, 5.41) is 35.2. The number of amides is 5. The number of carbonyl (C=O) groups is 5. The highest BCUT2D eigenvalue weighted by Gasteiger charge is 2.32. The minimum atomic E-state index is -1.40. The molecule has 0 aromatic heterocycles. The molecule has 234 valence electrons. The van der Waals surface area contributed by atoms with Crippen molar-refractivity contribution in [3.8, 4) is 0 Å². The van der Waals surface area contributed by atoms with Crippen molar-refractivity contribution >= 4 is 35.5 Å². The zero-order valence-electron chi connectivity index (χ0n) is 24.6. The Morgan fingerprint density at radius 1 is 0.857 bits per heavy atom. The summed E-state index contributed by atoms with van der Waals surface area (Å²) in [5.74, 6) is -3.67. The van der Waals surface area contributed by atoms with E-state index in [1.165, 1.54) is 7.05 Å². The van der Waals surface area contributed by atoms with Gasteiger partial charge in [0, 0.05) is 20.0 Å². The predicted molar refractivity (Wildman–Crippen MR) is 157 cm³/mol. The van der Waals surface area contributed by atoms with Crippen LogP contribution in [0.1, 0.15) is 32.3 Å². The second kappa shape index (κ2) is 19.0. The van der Waals surface area contributed by atoms with Gasteiger partial charge in [0.25, 0.3) is 0 Å². The lowest BCUT2D eigenvalue weighted by molar-refractivity contribution is -0.135. The summed E-state index contributed by atoms with van der Waals surface area (Å²) in [5.41, 5.74) is 6.08. The molecule has 0 aliphatic heterocycles. The largest absolute Gasteiger partial charge is 0.394 e. The molecular formula is C27H45N9O6. The summed E-state index contributed by atoms with van der Waals surface area (Å²) in [7, 11) is 3.01. The third kappa shape index (κ3) is 13.0. The predicted octanol–water partition coefficient (Wildman–Crippen LogP) is -2.95. The molecule has 4 atom stereocenters. The van der Waals surface area contributed by atoms with Crippen molar-refractivity contribution in [1.29, 1.82) is 5.41 Å². The molecule has 1 rings (SSSR count). The zero-order chi connectivity index (χ0) is 31.7. The molecule has 0 bridgehead atoms. The molecule has 11 N–H and O–H groups in total. The third-order valence-corrected chi connectivity index (χ3v) is 6.20. The topological polar surface area (TPSA) is 240 Å². The van der Waals surface area contributed by atoms with Crippen LogP contribution in [0.15, 0.2) is 30.3 Å². The monoisotopic (exact) mass is 591 g/mol. The Balaban J connectivity index is 2.96. The van der Waals surface area contributed by atoms with Gasteiger partial charge >= 0.3 is 0 Å². The number of nitrogens with two attached hydrogens (primary N) is 1. The van der Waals surface area contributed by atoms with E-state index in [0.717, 1.165) is 5.56 Å². The van der Waals surface area contributed by atoms with Crippen LogP contribution in [-0.4, -0.2) is 98.6 Å². The number of rotatable bonds is 18. The SMILES string of the molecule is CNCC(=O)N[C@@H](CCCNC(=N)N)C(=O)NC(C(=O)N[C@@H](CO)C(=O)N[C@@H](Cc1ccccc1)C(=O)NC)C(C)C. The number of aliphatic hydroxyl groups excluding tert-OH is 1. The van der Waals surface area contributed by atoms with Gasteiger partial charge in [-0.3, -0.25) is 29.4 Å². The van der Waals surface area contributed by atoms with E-state index in [-0.39, 0.29) is 25.3 Å². The van der Waals surface area contributed by atoms with Crippen LogP contribution in [0.2, 0.25) is 0 Å². The van der Waals surface area contributed by atoms with Crippen molar-refractivity contribution in [2.24, 2.45) is 11.7 Å². The molecule has 0 saturated carbocycles. The van der Waals surface area contributed by atoms with E-state index in [0.29, 0.717) is 13.0 Å². The molecule has 5 amide bonds. The molecule has 0 radical (unpaired) electrons. The summed E-state index contributed by atoms with van der Waals surface area (Å²) >= 11 is 0. The molecule has 1 aromatic rings. The smallest absolute Gasteiger partial charge is 0.245 e. The molecule has 0 saturated heterocycles. The fourth-order valence-corrected chi connectivity index (χ4v) is 3.95. The maximum atomic E-state index is 13.2. The first-order chi connectivity index (χ1) is 19.9. The van der Waals surface area contributed by atoms with Gasteiger partial charge in [-0.2, -0.15) is 0 Å². The van der Waals surface area contributed by atoms with Gasteiger partial charge in [0.15, 0.2) is 5.96 Å². The average molecular weight is 592 g/mol. The van der Waals surface area contributed by atoms with Gasteiger partial charge in [0.05, 0.1) is 13.2 Å². The molecular weight excluding hydrogens is 546 g/mol. The van der Waals surface area contributed by atoms with Gasteiger partial charge in [-0.25, -0.2) is 0 Å². The van der Waals surface area contributed by atoms with Crippen LogP contribution in [0.4, 0.5) is 0 Å². The molecule has 0 aliphatic rings. The van der Waals surface area contributed by atoms with Crippen LogP contribution >= 0.6 is 0 Å². The second-order valence-corrected chi connectivity index (χ2v) is 9.97. The van der Waals surface area contributed by atoms with Crippen molar-refractivity contribution < 1.29 is 29.1 Å². The fraction of sp³-hybridized carbons (Fsp3) is 0.556. The molecule has 0 aliphatic carbocycles. The fourth-order valence-electron chi connectivity index (χ4n) is 3.95. The molecule has 42 heavy (non-hydrogen) atoms. The van der Waals surface area contributed by atoms with Crippen LogP contribution in [-0.2, 0) is 30.4 Å². The molecule has 0 spiro atoms. The number of carbonyl (C=O) groups excluding carboxylic acids is 5. The van der Waals surface area contributed by atoms with Crippen molar-refractivity contribution in [3.05, 3.63) is 35.9 Å². The Labute approximate surface area is 246 Å². The van der Waals surface area contributed by atoms with E-state index < -0.39 is 66.2 Å². The standard InChI is InChI=1S/C27H45N9O6/c1-16(2)22(36-24(40)18(33-21(38)14-30-3)11-8-12-32-27(28)29)26(42)35-20(15-37)25(41)34-19(23(39)31-4)13-17-9-6-5-7-10-17/h5-7,9-10,16,18-20,22,30,37H,8,11-15H2,1-4H3,(H,31,39)(H,33,38)(H,34,41)(H,35,42)(H,36,40)(H4,28,29,32)/t18-,19-,20-,22?/m0/s1. The molecule has 1 aromatic carbocycles. The first kappa shape index (κ1) is 35.8. The van der Waals surface area contributed by atoms with E-state index in [2.05, 4.69) is 37.2 Å². The Morgan fingerprint density at radius 3 is 2.02 bits per heavy atom. The molecule has 15 heteroatoms. The van der Waals surface area contributed by atoms with Crippen molar-refractivity contribution in [1.82, 2.24) is 37.2 Å². The molecule has 15 nitrogen and oxygen atoms in total. The van der Waals surface area contributed by atoms with Gasteiger partial charge in [0.1, 0.15) is 24.2 Å². The van der Waals surface area contributed by atoms with Crippen molar-refractivity contribution in [2.45, 2.75) is 57.3 Å². The van der Waals surface area contributed by atoms with Crippen LogP contribution in [0, 0.1) is 11.3 Å². The molecule has 0 fully saturated rings. The van der Waals surface area contributed by atoms with Gasteiger partial charge in [-0.05, 0) is 31.4 Å². The summed E-state index contributed by atoms with van der Waals surface area (Å²) in [6, 6.07) is 4.56. The van der Waals surface area contributed by atoms with Gasteiger partial charge in [-0.1, -0.05) is 44.2 Å². The summed E-state index contributed by atoms with van der Waals surface area (Å²) in [6.07, 6.45) is 0.766. The van der Waals surface area contributed by atoms with Crippen molar-refractivity contribution in [2.75, 3.05) is 33.8 Å². The highest BCUT2D eigenvalue weighted by atomic mass is 16.3. The quantitative estimate of drug-likeness (QED) is 0.0476. The number of benzene rings is 1. The Bertz CT molecular complexity index is 1050. The van der Waals surface area contributed by atoms with E-state index in [4.69, 9.17) is 11.1 Å². The van der Waals surface area contributed by atoms with Gasteiger partial charge in [0.2, 0.25) is 29.5 Å². The highest BCUT2D eigenvalue weighted by Crippen LogP contribution is 2.07. The lowest BCUT2D eigenvalue weighted by atomic mass is 10.0. The maximum Gasteiger partial charge on any atom is 0.245 e. The van der Waals surface area contributed by atoms with Gasteiger partial charge in [-0.15, -0.1) is 0 Å². The lowest BCUT2D eigenvalue weighted by Crippen LogP contribution is -2.60. The van der Waals surface area contributed by atoms with Crippen LogP contribution in [0.5, 0.6) is 0 Å². The summed E-state index contributed by atoms with van der Waals surface area (Å²) in [6.45, 7) is 2.88. The number of guanidine groups is 1. The van der Waals surface area contributed by atoms with Crippen molar-refractivity contribution in [3.63, 3.8) is 0 Å². The first-order valence-corrected chi connectivity index (χ1v) is 13.7. The second-order valence-electron chi connectivity index (χ2n) is 9.97. The number of likely N-dealkylation sites (N-methyl/N-ethyl adjacent to an activating group) is 2. The zero-order valence-corrected chi connectivity index (χ0v) is 24.6. The first-order valence-electron chi connectivity index (χ1n) is 13.7. The number of hydrogen-bond acceptors (Lipinski definition) is 8. The summed E-state index contributed by atoms with van der Waals surface area (Å²) in [4.78, 5) is 64.0. The summed E-state index contributed by atoms with van der Waals surface area (Å²) < 4.78 is 0. The molecule has 1 unspecified atom stereocenters. The highest BCUT2D eigenvalue weighted by molar-refractivity contribution is 5.95. The Hall–Kier alpha value is -4.24. The average Bonchev–Trinajstić information content (AvgIpc) is 2.95. The minimum Gasteiger partial charge on any atom is -0.394 e.